The summed E-state index contributed by atoms with van der Waals surface area (Å²) in [6, 6.07) is 15.2. The number of anilines is 2. The molecular formula is C19H15N5O2S. The first-order valence-electron chi connectivity index (χ1n) is 8.37. The van der Waals surface area contributed by atoms with Crippen LogP contribution < -0.4 is 15.0 Å². The molecule has 0 radical (unpaired) electrons. The molecule has 0 saturated heterocycles. The number of fused-ring (bicyclic) bond motifs is 5. The molecule has 8 heteroatoms. The van der Waals surface area contributed by atoms with Gasteiger partial charge in [-0.15, -0.1) is 10.2 Å². The van der Waals surface area contributed by atoms with Crippen molar-refractivity contribution in [3.63, 3.8) is 0 Å². The van der Waals surface area contributed by atoms with Gasteiger partial charge in [0.2, 0.25) is 11.0 Å². The summed E-state index contributed by atoms with van der Waals surface area (Å²) in [5, 5.41) is 12.3. The minimum Gasteiger partial charge on any atom is -0.435 e. The number of likely N-dealkylation sites (N-methyl/N-ethyl adjacent to an activating group) is 1. The first-order chi connectivity index (χ1) is 13.1. The molecule has 7 nitrogen and oxygen atoms in total. The second kappa shape index (κ2) is 5.68. The Morgan fingerprint density at radius 2 is 1.89 bits per heavy atom. The molecule has 0 saturated carbocycles. The lowest BCUT2D eigenvalue weighted by molar-refractivity contribution is -0.130. The fourth-order valence-corrected chi connectivity index (χ4v) is 3.82. The Balaban J connectivity index is 1.81. The van der Waals surface area contributed by atoms with Crippen LogP contribution in [0.1, 0.15) is 5.56 Å². The number of benzene rings is 2. The van der Waals surface area contributed by atoms with Crippen molar-refractivity contribution in [3.05, 3.63) is 54.1 Å². The molecule has 1 atom stereocenters. The Bertz CT molecular complexity index is 1090. The van der Waals surface area contributed by atoms with E-state index in [1.54, 1.807) is 11.9 Å². The minimum atomic E-state index is -1.40. The first-order valence-corrected chi connectivity index (χ1v) is 9.59. The second-order valence-electron chi connectivity index (χ2n) is 6.29. The normalized spacial score (nSPS) is 19.6. The van der Waals surface area contributed by atoms with Crippen molar-refractivity contribution < 1.29 is 9.53 Å². The van der Waals surface area contributed by atoms with Crippen molar-refractivity contribution in [1.29, 1.82) is 0 Å². The van der Waals surface area contributed by atoms with E-state index < -0.39 is 5.72 Å². The van der Waals surface area contributed by atoms with E-state index in [1.165, 1.54) is 11.8 Å². The zero-order valence-corrected chi connectivity index (χ0v) is 15.4. The number of carbonyl (C=O) groups excluding carboxylic acids is 1. The van der Waals surface area contributed by atoms with Crippen molar-refractivity contribution in [3.8, 4) is 17.1 Å². The number of para-hydroxylation sites is 2. The smallest absolute Gasteiger partial charge is 0.297 e. The first kappa shape index (κ1) is 16.1. The molecule has 134 valence electrons. The molecule has 3 heterocycles. The van der Waals surface area contributed by atoms with Gasteiger partial charge in [0.15, 0.2) is 5.69 Å². The molecule has 2 aliphatic heterocycles. The van der Waals surface area contributed by atoms with Crippen LogP contribution in [0.15, 0.2) is 53.7 Å². The van der Waals surface area contributed by atoms with Crippen LogP contribution in [0.3, 0.4) is 0 Å². The number of nitrogens with one attached hydrogen (secondary N) is 1. The van der Waals surface area contributed by atoms with Gasteiger partial charge in [0.1, 0.15) is 0 Å². The number of hydrogen-bond donors (Lipinski definition) is 1. The number of ether oxygens (including phenoxy) is 1. The summed E-state index contributed by atoms with van der Waals surface area (Å²) in [7, 11) is 1.74. The highest BCUT2D eigenvalue weighted by atomic mass is 32.2. The molecule has 3 aromatic rings. The van der Waals surface area contributed by atoms with Gasteiger partial charge in [-0.05, 0) is 18.4 Å². The summed E-state index contributed by atoms with van der Waals surface area (Å²) in [6.07, 6.45) is 1.87. The van der Waals surface area contributed by atoms with Gasteiger partial charge in [-0.1, -0.05) is 48.2 Å². The van der Waals surface area contributed by atoms with Crippen molar-refractivity contribution in [2.45, 2.75) is 10.9 Å². The number of carbonyl (C=O) groups is 1. The van der Waals surface area contributed by atoms with Crippen LogP contribution in [0.25, 0.3) is 11.3 Å². The predicted octanol–water partition coefficient (Wildman–Crippen LogP) is 2.89. The largest absolute Gasteiger partial charge is 0.435 e. The molecule has 1 N–H and O–H groups in total. The predicted molar refractivity (Wildman–Crippen MR) is 103 cm³/mol. The number of nitrogens with zero attached hydrogens (tertiary/aromatic N) is 4. The van der Waals surface area contributed by atoms with Gasteiger partial charge in [-0.25, -0.2) is 0 Å². The van der Waals surface area contributed by atoms with E-state index in [0.29, 0.717) is 10.9 Å². The Labute approximate surface area is 159 Å². The lowest BCUT2D eigenvalue weighted by Gasteiger charge is -2.29. The SMILES string of the molecule is CSc1nnc2c(n1)OC1(Nc3ccccc3-2)C(=O)N(C)c2ccccc21. The van der Waals surface area contributed by atoms with Crippen molar-refractivity contribution in [1.82, 2.24) is 15.2 Å². The Hall–Kier alpha value is -3.13. The molecule has 1 aromatic heterocycles. The Morgan fingerprint density at radius 3 is 2.74 bits per heavy atom. The van der Waals surface area contributed by atoms with E-state index in [4.69, 9.17) is 4.74 Å². The fourth-order valence-electron chi connectivity index (χ4n) is 3.53. The summed E-state index contributed by atoms with van der Waals surface area (Å²) >= 11 is 1.37. The number of rotatable bonds is 1. The highest BCUT2D eigenvalue weighted by Crippen LogP contribution is 2.47. The van der Waals surface area contributed by atoms with Crippen LogP contribution in [0, 0.1) is 0 Å². The highest BCUT2D eigenvalue weighted by Gasteiger charge is 2.54. The van der Waals surface area contributed by atoms with Crippen LogP contribution >= 0.6 is 11.8 Å². The quantitative estimate of drug-likeness (QED) is 0.653. The summed E-state index contributed by atoms with van der Waals surface area (Å²) in [6.45, 7) is 0. The zero-order valence-electron chi connectivity index (χ0n) is 14.6. The molecule has 2 aliphatic rings. The molecule has 0 aliphatic carbocycles. The lowest BCUT2D eigenvalue weighted by Crippen LogP contribution is -2.49. The van der Waals surface area contributed by atoms with Gasteiger partial charge < -0.3 is 15.0 Å². The average molecular weight is 377 g/mol. The van der Waals surface area contributed by atoms with Crippen molar-refractivity contribution in [2.75, 3.05) is 23.5 Å². The third-order valence-corrected chi connectivity index (χ3v) is 5.35. The number of hydrogen-bond acceptors (Lipinski definition) is 7. The van der Waals surface area contributed by atoms with E-state index in [9.17, 15) is 4.79 Å². The summed E-state index contributed by atoms with van der Waals surface area (Å²) in [4.78, 5) is 19.4. The summed E-state index contributed by atoms with van der Waals surface area (Å²) < 4.78 is 6.31. The minimum absolute atomic E-state index is 0.212. The van der Waals surface area contributed by atoms with Crippen molar-refractivity contribution >= 4 is 29.0 Å². The van der Waals surface area contributed by atoms with E-state index in [0.717, 1.165) is 22.5 Å². The number of amides is 1. The molecule has 27 heavy (non-hydrogen) atoms. The van der Waals surface area contributed by atoms with Crippen LogP contribution in [-0.2, 0) is 10.5 Å². The molecule has 0 fully saturated rings. The number of aromatic nitrogens is 3. The molecule has 0 bridgehead atoms. The second-order valence-corrected chi connectivity index (χ2v) is 7.06. The summed E-state index contributed by atoms with van der Waals surface area (Å²) in [5.74, 6) is 0.0703. The van der Waals surface area contributed by atoms with E-state index >= 15 is 0 Å². The van der Waals surface area contributed by atoms with Gasteiger partial charge >= 0.3 is 0 Å². The van der Waals surface area contributed by atoms with Crippen LogP contribution in [-0.4, -0.2) is 34.4 Å². The molecule has 5 rings (SSSR count). The fraction of sp³-hybridized carbons (Fsp3) is 0.158. The monoisotopic (exact) mass is 377 g/mol. The van der Waals surface area contributed by atoms with Crippen LogP contribution in [0.5, 0.6) is 5.88 Å². The van der Waals surface area contributed by atoms with Gasteiger partial charge in [0.05, 0.1) is 11.3 Å². The third-order valence-electron chi connectivity index (χ3n) is 4.81. The van der Waals surface area contributed by atoms with Gasteiger partial charge in [0.25, 0.3) is 11.6 Å². The molecule has 2 aromatic carbocycles. The standard InChI is InChI=1S/C19H15N5O2S/c1-24-14-10-6-4-8-12(14)19(17(24)25)21-13-9-5-3-7-11(13)15-16(26-19)20-18(27-2)23-22-15/h3-10,21H,1-2H3. The van der Waals surface area contributed by atoms with E-state index in [1.807, 2.05) is 54.8 Å². The van der Waals surface area contributed by atoms with Crippen molar-refractivity contribution in [2.24, 2.45) is 0 Å². The zero-order chi connectivity index (χ0) is 18.6. The van der Waals surface area contributed by atoms with E-state index in [2.05, 4.69) is 20.5 Å². The molecular weight excluding hydrogens is 362 g/mol. The van der Waals surface area contributed by atoms with Gasteiger partial charge in [0, 0.05) is 18.3 Å². The maximum absolute atomic E-state index is 13.3. The van der Waals surface area contributed by atoms with Crippen LogP contribution in [0.4, 0.5) is 11.4 Å². The highest BCUT2D eigenvalue weighted by molar-refractivity contribution is 7.98. The molecule has 1 unspecified atom stereocenters. The Morgan fingerprint density at radius 1 is 1.11 bits per heavy atom. The van der Waals surface area contributed by atoms with E-state index in [-0.39, 0.29) is 11.8 Å². The maximum atomic E-state index is 13.3. The molecule has 1 amide bonds. The van der Waals surface area contributed by atoms with Crippen LogP contribution in [0.2, 0.25) is 0 Å². The Kier molecular flexibility index (Phi) is 3.38. The lowest BCUT2D eigenvalue weighted by atomic mass is 10.0. The average Bonchev–Trinajstić information content (AvgIpc) is 2.84. The molecule has 1 spiro atoms. The summed E-state index contributed by atoms with van der Waals surface area (Å²) in [5.41, 5.74) is 2.16. The number of thioether (sulfide) groups is 1. The maximum Gasteiger partial charge on any atom is 0.297 e. The van der Waals surface area contributed by atoms with Gasteiger partial charge in [-0.2, -0.15) is 4.98 Å². The third kappa shape index (κ3) is 2.16. The topological polar surface area (TPSA) is 80.2 Å². The van der Waals surface area contributed by atoms with Gasteiger partial charge in [-0.3, -0.25) is 4.79 Å².